The molecule has 0 aliphatic rings. The molecule has 23 heavy (non-hydrogen) atoms. The third-order valence-corrected chi connectivity index (χ3v) is 4.29. The topological polar surface area (TPSA) is 55.4 Å². The Morgan fingerprint density at radius 3 is 2.52 bits per heavy atom. The smallest absolute Gasteiger partial charge is 0.267 e. The lowest BCUT2D eigenvalue weighted by Gasteiger charge is -2.25. The maximum Gasteiger partial charge on any atom is 0.267 e. The van der Waals surface area contributed by atoms with E-state index >= 15 is 0 Å². The van der Waals surface area contributed by atoms with Gasteiger partial charge in [-0.15, -0.1) is 0 Å². The summed E-state index contributed by atoms with van der Waals surface area (Å²) in [4.78, 5) is 13.1. The van der Waals surface area contributed by atoms with Crippen LogP contribution in [-0.4, -0.2) is 22.0 Å². The van der Waals surface area contributed by atoms with E-state index in [0.29, 0.717) is 21.4 Å². The molecule has 2 rings (SSSR count). The Labute approximate surface area is 143 Å². The molecule has 0 heterocycles. The van der Waals surface area contributed by atoms with Gasteiger partial charge in [-0.05, 0) is 50.2 Å². The Bertz CT molecular complexity index is 746. The maximum atomic E-state index is 12.5. The zero-order valence-electron chi connectivity index (χ0n) is 13.1. The molecular weight excluding hydrogens is 334 g/mol. The van der Waals surface area contributed by atoms with E-state index < -0.39 is 16.4 Å². The lowest BCUT2D eigenvalue weighted by molar-refractivity contribution is -0.128. The lowest BCUT2D eigenvalue weighted by atomic mass is 10.1. The first-order valence-corrected chi connectivity index (χ1v) is 8.91. The van der Waals surface area contributed by atoms with Crippen LogP contribution < -0.4 is 10.1 Å². The van der Waals surface area contributed by atoms with Crippen molar-refractivity contribution in [3.8, 4) is 5.75 Å². The van der Waals surface area contributed by atoms with Crippen molar-refractivity contribution in [1.82, 2.24) is 0 Å². The minimum absolute atomic E-state index is 0.309. The Kier molecular flexibility index (Phi) is 5.44. The van der Waals surface area contributed by atoms with Crippen molar-refractivity contribution in [2.45, 2.75) is 24.3 Å². The lowest BCUT2D eigenvalue weighted by Crippen LogP contribution is -2.42. The number of benzene rings is 2. The van der Waals surface area contributed by atoms with Crippen LogP contribution in [0.15, 0.2) is 53.4 Å². The number of rotatable bonds is 5. The monoisotopic (exact) mass is 351 g/mol. The molecule has 0 saturated heterocycles. The van der Waals surface area contributed by atoms with Gasteiger partial charge in [0.05, 0.1) is 0 Å². The number of anilines is 1. The van der Waals surface area contributed by atoms with Crippen LogP contribution >= 0.6 is 11.6 Å². The molecule has 4 nitrogen and oxygen atoms in total. The molecule has 0 spiro atoms. The second-order valence-electron chi connectivity index (χ2n) is 5.51. The van der Waals surface area contributed by atoms with Gasteiger partial charge in [0.25, 0.3) is 5.91 Å². The molecule has 0 bridgehead atoms. The van der Waals surface area contributed by atoms with Gasteiger partial charge in [0.2, 0.25) is 0 Å². The summed E-state index contributed by atoms with van der Waals surface area (Å²) in [6.45, 7) is 3.34. The quantitative estimate of drug-likeness (QED) is 0.889. The van der Waals surface area contributed by atoms with Crippen molar-refractivity contribution < 1.29 is 13.7 Å². The number of hydrogen-bond acceptors (Lipinski definition) is 3. The number of ether oxygens (including phenoxy) is 1. The first-order valence-electron chi connectivity index (χ1n) is 6.97. The van der Waals surface area contributed by atoms with E-state index in [1.165, 1.54) is 0 Å². The summed E-state index contributed by atoms with van der Waals surface area (Å²) in [6.07, 6.45) is 1.59. The zero-order valence-corrected chi connectivity index (χ0v) is 14.7. The summed E-state index contributed by atoms with van der Waals surface area (Å²) < 4.78 is 17.3. The van der Waals surface area contributed by atoms with Gasteiger partial charge in [0.1, 0.15) is 5.75 Å². The zero-order chi connectivity index (χ0) is 17.0. The van der Waals surface area contributed by atoms with Crippen molar-refractivity contribution in [2.24, 2.45) is 0 Å². The molecule has 0 aliphatic heterocycles. The number of amides is 1. The highest BCUT2D eigenvalue weighted by molar-refractivity contribution is 7.84. The van der Waals surface area contributed by atoms with Crippen LogP contribution in [0.2, 0.25) is 5.02 Å². The molecule has 0 unspecified atom stereocenters. The maximum absolute atomic E-state index is 12.5. The summed E-state index contributed by atoms with van der Waals surface area (Å²) in [5, 5.41) is 3.32. The van der Waals surface area contributed by atoms with Gasteiger partial charge < -0.3 is 10.1 Å². The Balaban J connectivity index is 2.12. The fourth-order valence-electron chi connectivity index (χ4n) is 1.91. The summed E-state index contributed by atoms with van der Waals surface area (Å²) in [5.74, 6) is 0.206. The van der Waals surface area contributed by atoms with E-state index in [2.05, 4.69) is 5.32 Å². The van der Waals surface area contributed by atoms with Crippen LogP contribution in [0.5, 0.6) is 5.75 Å². The highest BCUT2D eigenvalue weighted by Crippen LogP contribution is 2.23. The van der Waals surface area contributed by atoms with Gasteiger partial charge in [-0.2, -0.15) is 0 Å². The molecule has 1 N–H and O–H groups in total. The van der Waals surface area contributed by atoms with Crippen LogP contribution in [-0.2, 0) is 15.6 Å². The highest BCUT2D eigenvalue weighted by Gasteiger charge is 2.30. The summed E-state index contributed by atoms with van der Waals surface area (Å²) in [5.41, 5.74) is -0.517. The average molecular weight is 352 g/mol. The fraction of sp³-hybridized carbons (Fsp3) is 0.235. The van der Waals surface area contributed by atoms with Gasteiger partial charge in [-0.25, -0.2) is 0 Å². The second kappa shape index (κ2) is 7.15. The first kappa shape index (κ1) is 17.5. The first-order chi connectivity index (χ1) is 10.8. The number of carbonyl (C=O) groups is 1. The van der Waals surface area contributed by atoms with Crippen molar-refractivity contribution in [3.63, 3.8) is 0 Å². The predicted octanol–water partition coefficient (Wildman–Crippen LogP) is 3.87. The van der Waals surface area contributed by atoms with Gasteiger partial charge in [-0.1, -0.05) is 23.7 Å². The standard InChI is InChI=1S/C17H18ClNO3S/c1-17(2,22-14-8-4-6-12(18)10-14)16(20)19-13-7-5-9-15(11-13)23(3)21/h4-11H,1-3H3,(H,19,20)/t23-/m0/s1. The van der Waals surface area contributed by atoms with Gasteiger partial charge in [0, 0.05) is 32.7 Å². The van der Waals surface area contributed by atoms with E-state index in [1.807, 2.05) is 0 Å². The van der Waals surface area contributed by atoms with Gasteiger partial charge in [0.15, 0.2) is 5.60 Å². The van der Waals surface area contributed by atoms with E-state index in [0.717, 1.165) is 0 Å². The van der Waals surface area contributed by atoms with Crippen LogP contribution in [0.4, 0.5) is 5.69 Å². The molecule has 0 radical (unpaired) electrons. The minimum Gasteiger partial charge on any atom is -0.478 e. The average Bonchev–Trinajstić information content (AvgIpc) is 2.47. The van der Waals surface area contributed by atoms with Crippen LogP contribution in [0, 0.1) is 0 Å². The summed E-state index contributed by atoms with van der Waals surface area (Å²) in [6, 6.07) is 13.8. The number of carbonyl (C=O) groups excluding carboxylic acids is 1. The van der Waals surface area contributed by atoms with E-state index in [1.54, 1.807) is 68.6 Å². The van der Waals surface area contributed by atoms with Gasteiger partial charge >= 0.3 is 0 Å². The largest absolute Gasteiger partial charge is 0.478 e. The highest BCUT2D eigenvalue weighted by atomic mass is 35.5. The molecule has 0 aliphatic carbocycles. The molecule has 1 atom stereocenters. The second-order valence-corrected chi connectivity index (χ2v) is 7.32. The molecule has 122 valence electrons. The molecule has 0 fully saturated rings. The summed E-state index contributed by atoms with van der Waals surface area (Å²) >= 11 is 5.92. The minimum atomic E-state index is -1.11. The van der Waals surface area contributed by atoms with E-state index in [-0.39, 0.29) is 5.91 Å². The normalized spacial score (nSPS) is 12.5. The van der Waals surface area contributed by atoms with Crippen LogP contribution in [0.1, 0.15) is 13.8 Å². The SMILES string of the molecule is C[S@](=O)c1cccc(NC(=O)C(C)(C)Oc2cccc(Cl)c2)c1. The van der Waals surface area contributed by atoms with Gasteiger partial charge in [-0.3, -0.25) is 9.00 Å². The molecule has 0 saturated carbocycles. The predicted molar refractivity (Wildman–Crippen MR) is 93.6 cm³/mol. The Morgan fingerprint density at radius 2 is 1.87 bits per heavy atom. The Hall–Kier alpha value is -1.85. The molecule has 2 aromatic rings. The van der Waals surface area contributed by atoms with Crippen LogP contribution in [0.3, 0.4) is 0 Å². The van der Waals surface area contributed by atoms with Crippen molar-refractivity contribution >= 4 is 34.0 Å². The molecule has 1 amide bonds. The number of nitrogens with one attached hydrogen (secondary N) is 1. The molecular formula is C17H18ClNO3S. The van der Waals surface area contributed by atoms with Crippen molar-refractivity contribution in [3.05, 3.63) is 53.6 Å². The third kappa shape index (κ3) is 4.81. The summed E-state index contributed by atoms with van der Waals surface area (Å²) in [7, 11) is -1.11. The molecule has 6 heteroatoms. The number of hydrogen-bond donors (Lipinski definition) is 1. The van der Waals surface area contributed by atoms with E-state index in [9.17, 15) is 9.00 Å². The van der Waals surface area contributed by atoms with Crippen molar-refractivity contribution in [2.75, 3.05) is 11.6 Å². The van der Waals surface area contributed by atoms with Crippen molar-refractivity contribution in [1.29, 1.82) is 0 Å². The Morgan fingerprint density at radius 1 is 1.17 bits per heavy atom. The third-order valence-electron chi connectivity index (χ3n) is 3.14. The fourth-order valence-corrected chi connectivity index (χ4v) is 2.65. The molecule has 0 aromatic heterocycles. The molecule has 2 aromatic carbocycles. The van der Waals surface area contributed by atoms with E-state index in [4.69, 9.17) is 16.3 Å². The number of halogens is 1. The van der Waals surface area contributed by atoms with Crippen LogP contribution in [0.25, 0.3) is 0 Å².